The second-order valence-electron chi connectivity index (χ2n) is 9.39. The lowest BCUT2D eigenvalue weighted by molar-refractivity contribution is 0.183. The van der Waals surface area contributed by atoms with Crippen molar-refractivity contribution in [2.24, 2.45) is 7.05 Å². The Morgan fingerprint density at radius 3 is 2.89 bits per heavy atom. The highest BCUT2D eigenvalue weighted by Crippen LogP contribution is 2.40. The lowest BCUT2D eigenvalue weighted by Gasteiger charge is -2.15. The van der Waals surface area contributed by atoms with Crippen LogP contribution in [0.15, 0.2) is 47.7 Å². The van der Waals surface area contributed by atoms with Crippen molar-refractivity contribution in [1.82, 2.24) is 33.9 Å². The Morgan fingerprint density at radius 2 is 2.08 bits per heavy atom. The molecule has 2 aliphatic rings. The summed E-state index contributed by atoms with van der Waals surface area (Å²) in [4.78, 5) is 22.4. The Morgan fingerprint density at radius 1 is 1.19 bits per heavy atom. The van der Waals surface area contributed by atoms with Crippen LogP contribution in [0.3, 0.4) is 0 Å². The molecule has 11 nitrogen and oxygen atoms in total. The van der Waals surface area contributed by atoms with Crippen molar-refractivity contribution in [3.05, 3.63) is 63.9 Å². The summed E-state index contributed by atoms with van der Waals surface area (Å²) in [5.41, 5.74) is 2.94. The number of ether oxygens (including phenoxy) is 2. The van der Waals surface area contributed by atoms with Gasteiger partial charge in [0.2, 0.25) is 5.95 Å². The minimum absolute atomic E-state index is 0.0667. The molecule has 5 aromatic heterocycles. The van der Waals surface area contributed by atoms with Gasteiger partial charge in [-0.2, -0.15) is 15.2 Å². The normalized spacial score (nSPS) is 17.6. The van der Waals surface area contributed by atoms with Gasteiger partial charge in [0.05, 0.1) is 30.7 Å². The SMILES string of the molecule is Cn1c(Nc2cc(C3CC3)nn([C@@H]3CCOC3)c2=O)nc2ncc(Oc3cnn4ccccc34)c(Cl)c21. The summed E-state index contributed by atoms with van der Waals surface area (Å²) in [5, 5.41) is 12.5. The maximum atomic E-state index is 13.4. The standard InChI is InChI=1S/C25H23ClN8O3/c1-32-22-21(26)20(37-19-12-28-33-8-3-2-4-18(19)33)11-27-23(22)30-25(32)29-17-10-16(14-5-6-14)31-34(24(17)35)15-7-9-36-13-15/h2-4,8,10-12,14-15H,5-7,9,13H2,1H3,(H,27,29,30)/t15-/m1/s1. The zero-order chi connectivity index (χ0) is 25.1. The first-order chi connectivity index (χ1) is 18.1. The summed E-state index contributed by atoms with van der Waals surface area (Å²) in [7, 11) is 1.82. The van der Waals surface area contributed by atoms with Crippen LogP contribution in [-0.2, 0) is 11.8 Å². The first-order valence-electron chi connectivity index (χ1n) is 12.2. The molecule has 0 radical (unpaired) electrons. The Balaban J connectivity index is 1.26. The molecule has 1 atom stereocenters. The minimum atomic E-state index is -0.205. The lowest BCUT2D eigenvalue weighted by Crippen LogP contribution is -2.30. The van der Waals surface area contributed by atoms with E-state index in [1.54, 1.807) is 26.2 Å². The Bertz CT molecular complexity index is 1710. The van der Waals surface area contributed by atoms with Gasteiger partial charge < -0.3 is 19.4 Å². The summed E-state index contributed by atoms with van der Waals surface area (Å²) in [6, 6.07) is 7.47. The van der Waals surface area contributed by atoms with Crippen molar-refractivity contribution in [3.8, 4) is 11.5 Å². The molecule has 0 bridgehead atoms. The maximum absolute atomic E-state index is 13.4. The largest absolute Gasteiger partial charge is 0.450 e. The van der Waals surface area contributed by atoms with E-state index in [0.29, 0.717) is 58.5 Å². The molecule has 1 aliphatic heterocycles. The number of nitrogens with zero attached hydrogens (tertiary/aromatic N) is 7. The summed E-state index contributed by atoms with van der Waals surface area (Å²) in [5.74, 6) is 1.76. The third-order valence-electron chi connectivity index (χ3n) is 6.86. The molecule has 1 saturated carbocycles. The van der Waals surface area contributed by atoms with Gasteiger partial charge in [0.1, 0.15) is 21.7 Å². The van der Waals surface area contributed by atoms with Crippen LogP contribution in [0.25, 0.3) is 16.7 Å². The van der Waals surface area contributed by atoms with Crippen molar-refractivity contribution in [1.29, 1.82) is 0 Å². The van der Waals surface area contributed by atoms with Crippen molar-refractivity contribution in [3.63, 3.8) is 0 Å². The molecule has 37 heavy (non-hydrogen) atoms. The number of nitrogens with one attached hydrogen (secondary N) is 1. The highest BCUT2D eigenvalue weighted by atomic mass is 35.5. The van der Waals surface area contributed by atoms with Gasteiger partial charge in [-0.05, 0) is 37.5 Å². The molecule has 6 heterocycles. The number of halogens is 1. The van der Waals surface area contributed by atoms with Crippen molar-refractivity contribution in [2.45, 2.75) is 31.2 Å². The second kappa shape index (κ2) is 8.56. The van der Waals surface area contributed by atoms with Crippen LogP contribution in [0.2, 0.25) is 5.02 Å². The molecule has 2 fully saturated rings. The second-order valence-corrected chi connectivity index (χ2v) is 9.77. The van der Waals surface area contributed by atoms with Gasteiger partial charge in [-0.15, -0.1) is 0 Å². The number of pyridine rings is 2. The van der Waals surface area contributed by atoms with Gasteiger partial charge in [0.25, 0.3) is 5.56 Å². The molecule has 1 saturated heterocycles. The highest BCUT2D eigenvalue weighted by molar-refractivity contribution is 6.36. The van der Waals surface area contributed by atoms with E-state index in [1.807, 2.05) is 37.5 Å². The van der Waals surface area contributed by atoms with Gasteiger partial charge in [0.15, 0.2) is 17.1 Å². The Kier molecular flexibility index (Phi) is 5.15. The van der Waals surface area contributed by atoms with Gasteiger partial charge in [-0.3, -0.25) is 4.79 Å². The molecule has 12 heteroatoms. The zero-order valence-corrected chi connectivity index (χ0v) is 20.7. The van der Waals surface area contributed by atoms with E-state index in [1.165, 1.54) is 0 Å². The number of aromatic nitrogens is 7. The average molecular weight is 519 g/mol. The fraction of sp³-hybridized carbons (Fsp3) is 0.320. The van der Waals surface area contributed by atoms with Crippen LogP contribution in [0, 0.1) is 0 Å². The van der Waals surface area contributed by atoms with E-state index >= 15 is 0 Å². The predicted molar refractivity (Wildman–Crippen MR) is 137 cm³/mol. The summed E-state index contributed by atoms with van der Waals surface area (Å²) in [6.07, 6.45) is 7.93. The number of anilines is 2. The Labute approximate surface area is 215 Å². The summed E-state index contributed by atoms with van der Waals surface area (Å²) >= 11 is 6.78. The van der Waals surface area contributed by atoms with Gasteiger partial charge in [-0.25, -0.2) is 14.2 Å². The van der Waals surface area contributed by atoms with E-state index in [0.717, 1.165) is 30.5 Å². The monoisotopic (exact) mass is 518 g/mol. The van der Waals surface area contributed by atoms with Crippen LogP contribution in [0.5, 0.6) is 11.5 Å². The molecule has 0 aromatic carbocycles. The van der Waals surface area contributed by atoms with E-state index < -0.39 is 0 Å². The topological polar surface area (TPSA) is 113 Å². The summed E-state index contributed by atoms with van der Waals surface area (Å²) in [6.45, 7) is 1.12. The third kappa shape index (κ3) is 3.82. The van der Waals surface area contributed by atoms with Crippen LogP contribution in [0.1, 0.15) is 36.9 Å². The van der Waals surface area contributed by atoms with Crippen LogP contribution in [-0.4, -0.2) is 47.1 Å². The van der Waals surface area contributed by atoms with E-state index in [2.05, 4.69) is 25.5 Å². The number of imidazole rings is 1. The van der Waals surface area contributed by atoms with Gasteiger partial charge in [0, 0.05) is 25.8 Å². The van der Waals surface area contributed by atoms with E-state index in [9.17, 15) is 4.79 Å². The number of fused-ring (bicyclic) bond motifs is 2. The van der Waals surface area contributed by atoms with Crippen molar-refractivity contribution >= 4 is 39.9 Å². The molecule has 1 aliphatic carbocycles. The molecule has 7 rings (SSSR count). The van der Waals surface area contributed by atoms with Crippen molar-refractivity contribution in [2.75, 3.05) is 18.5 Å². The smallest absolute Gasteiger partial charge is 0.290 e. The fourth-order valence-electron chi connectivity index (χ4n) is 4.69. The van der Waals surface area contributed by atoms with Crippen LogP contribution >= 0.6 is 11.6 Å². The number of rotatable bonds is 6. The first-order valence-corrected chi connectivity index (χ1v) is 12.5. The van der Waals surface area contributed by atoms with Gasteiger partial charge >= 0.3 is 0 Å². The van der Waals surface area contributed by atoms with Gasteiger partial charge in [-0.1, -0.05) is 17.7 Å². The average Bonchev–Trinajstić information content (AvgIpc) is 3.31. The minimum Gasteiger partial charge on any atom is -0.450 e. The van der Waals surface area contributed by atoms with E-state index in [4.69, 9.17) is 21.1 Å². The van der Waals surface area contributed by atoms with E-state index in [-0.39, 0.29) is 11.6 Å². The highest BCUT2D eigenvalue weighted by Gasteiger charge is 2.29. The molecule has 188 valence electrons. The predicted octanol–water partition coefficient (Wildman–Crippen LogP) is 4.20. The third-order valence-corrected chi connectivity index (χ3v) is 7.23. The number of hydrogen-bond donors (Lipinski definition) is 1. The van der Waals surface area contributed by atoms with Crippen LogP contribution < -0.4 is 15.6 Å². The molecule has 0 amide bonds. The van der Waals surface area contributed by atoms with Crippen LogP contribution in [0.4, 0.5) is 11.6 Å². The lowest BCUT2D eigenvalue weighted by atomic mass is 10.2. The maximum Gasteiger partial charge on any atom is 0.290 e. The molecule has 1 N–H and O–H groups in total. The zero-order valence-electron chi connectivity index (χ0n) is 20.0. The molecule has 5 aromatic rings. The molecule has 0 unspecified atom stereocenters. The first kappa shape index (κ1) is 22.3. The number of aryl methyl sites for hydroxylation is 1. The fourth-order valence-corrected chi connectivity index (χ4v) is 4.99. The molecular formula is C25H23ClN8O3. The van der Waals surface area contributed by atoms with Crippen molar-refractivity contribution < 1.29 is 9.47 Å². The summed E-state index contributed by atoms with van der Waals surface area (Å²) < 4.78 is 16.6. The molecular weight excluding hydrogens is 496 g/mol. The Hall–Kier alpha value is -3.96. The number of hydrogen-bond acceptors (Lipinski definition) is 8. The molecule has 0 spiro atoms. The quantitative estimate of drug-likeness (QED) is 0.356.